The number of hydrogen-bond donors (Lipinski definition) is 0. The van der Waals surface area contributed by atoms with Crippen molar-refractivity contribution in [2.45, 2.75) is 6.04 Å². The summed E-state index contributed by atoms with van der Waals surface area (Å²) in [7, 11) is 1.63. The standard InChI is InChI=1S/C16H13N5O/c1-21(14-5-3-2-4-6-14)16(22)15(19-20-18)13-9-7-12(11-17)8-10-13/h2-10,15H,1H3. The summed E-state index contributed by atoms with van der Waals surface area (Å²) >= 11 is 0. The van der Waals surface area contributed by atoms with E-state index in [9.17, 15) is 4.79 Å². The molecule has 6 heteroatoms. The highest BCUT2D eigenvalue weighted by Crippen LogP contribution is 2.23. The molecule has 2 aromatic rings. The van der Waals surface area contributed by atoms with Gasteiger partial charge in [0.05, 0.1) is 11.6 Å². The summed E-state index contributed by atoms with van der Waals surface area (Å²) < 4.78 is 0. The molecule has 0 heterocycles. The van der Waals surface area contributed by atoms with Crippen LogP contribution in [0.15, 0.2) is 59.7 Å². The Balaban J connectivity index is 2.33. The summed E-state index contributed by atoms with van der Waals surface area (Å²) in [4.78, 5) is 16.8. The second-order valence-electron chi connectivity index (χ2n) is 4.57. The fourth-order valence-corrected chi connectivity index (χ4v) is 2.01. The molecule has 0 spiro atoms. The molecule has 0 radical (unpaired) electrons. The van der Waals surface area contributed by atoms with Crippen molar-refractivity contribution in [3.05, 3.63) is 76.2 Å². The van der Waals surface area contributed by atoms with Gasteiger partial charge in [0.1, 0.15) is 6.04 Å². The molecule has 0 bridgehead atoms. The third-order valence-corrected chi connectivity index (χ3v) is 3.23. The first-order valence-corrected chi connectivity index (χ1v) is 6.54. The van der Waals surface area contributed by atoms with Gasteiger partial charge in [-0.25, -0.2) is 0 Å². The van der Waals surface area contributed by atoms with Gasteiger partial charge in [0.15, 0.2) is 0 Å². The van der Waals surface area contributed by atoms with Crippen LogP contribution in [0, 0.1) is 11.3 Å². The van der Waals surface area contributed by atoms with E-state index in [0.29, 0.717) is 16.8 Å². The maximum absolute atomic E-state index is 12.6. The number of anilines is 1. The Bertz CT molecular complexity index is 742. The predicted octanol–water partition coefficient (Wildman–Crippen LogP) is 3.57. The smallest absolute Gasteiger partial charge is 0.240 e. The molecule has 0 saturated carbocycles. The first-order chi connectivity index (χ1) is 10.7. The van der Waals surface area contributed by atoms with Gasteiger partial charge in [-0.2, -0.15) is 5.26 Å². The Morgan fingerprint density at radius 2 is 1.86 bits per heavy atom. The van der Waals surface area contributed by atoms with Gasteiger partial charge in [-0.05, 0) is 35.4 Å². The van der Waals surface area contributed by atoms with Crippen LogP contribution < -0.4 is 4.90 Å². The summed E-state index contributed by atoms with van der Waals surface area (Å²) in [5.74, 6) is -0.339. The van der Waals surface area contributed by atoms with Crippen molar-refractivity contribution in [3.8, 4) is 6.07 Å². The van der Waals surface area contributed by atoms with Crippen molar-refractivity contribution in [2.24, 2.45) is 5.11 Å². The van der Waals surface area contributed by atoms with E-state index in [1.165, 1.54) is 4.90 Å². The van der Waals surface area contributed by atoms with Gasteiger partial charge in [-0.3, -0.25) is 4.79 Å². The SMILES string of the molecule is CN(C(=O)C(N=[N+]=[N-])c1ccc(C#N)cc1)c1ccccc1. The van der Waals surface area contributed by atoms with Gasteiger partial charge in [-0.15, -0.1) is 0 Å². The lowest BCUT2D eigenvalue weighted by Crippen LogP contribution is -2.30. The van der Waals surface area contributed by atoms with Crippen molar-refractivity contribution in [3.63, 3.8) is 0 Å². The molecule has 6 nitrogen and oxygen atoms in total. The normalized spacial score (nSPS) is 10.9. The fourth-order valence-electron chi connectivity index (χ4n) is 2.01. The van der Waals surface area contributed by atoms with Crippen LogP contribution in [0.1, 0.15) is 17.2 Å². The van der Waals surface area contributed by atoms with Gasteiger partial charge >= 0.3 is 0 Å². The van der Waals surface area contributed by atoms with Crippen molar-refractivity contribution >= 4 is 11.6 Å². The lowest BCUT2D eigenvalue weighted by molar-refractivity contribution is -0.119. The van der Waals surface area contributed by atoms with E-state index in [0.717, 1.165) is 0 Å². The molecule has 0 saturated heterocycles. The molecule has 0 aliphatic carbocycles. The third kappa shape index (κ3) is 3.23. The quantitative estimate of drug-likeness (QED) is 0.489. The lowest BCUT2D eigenvalue weighted by Gasteiger charge is -2.21. The van der Waals surface area contributed by atoms with Crippen LogP contribution in [0.25, 0.3) is 10.4 Å². The largest absolute Gasteiger partial charge is 0.315 e. The highest BCUT2D eigenvalue weighted by molar-refractivity contribution is 5.97. The molecule has 2 rings (SSSR count). The van der Waals surface area contributed by atoms with Gasteiger partial charge < -0.3 is 4.90 Å². The van der Waals surface area contributed by atoms with Crippen LogP contribution in [0.2, 0.25) is 0 Å². The van der Waals surface area contributed by atoms with Gasteiger partial charge in [0, 0.05) is 17.6 Å². The number of amides is 1. The number of carbonyl (C=O) groups excluding carboxylic acids is 1. The number of nitrogens with zero attached hydrogens (tertiary/aromatic N) is 5. The molecule has 22 heavy (non-hydrogen) atoms. The molecule has 1 amide bonds. The monoisotopic (exact) mass is 291 g/mol. The van der Waals surface area contributed by atoms with Crippen LogP contribution in [0.4, 0.5) is 5.69 Å². The molecule has 0 aromatic heterocycles. The highest BCUT2D eigenvalue weighted by Gasteiger charge is 2.23. The molecule has 2 aromatic carbocycles. The molecule has 1 atom stereocenters. The van der Waals surface area contributed by atoms with Crippen LogP contribution in [-0.2, 0) is 4.79 Å². The first kappa shape index (κ1) is 15.1. The Hall–Kier alpha value is -3.29. The van der Waals surface area contributed by atoms with Gasteiger partial charge in [0.25, 0.3) is 0 Å². The van der Waals surface area contributed by atoms with E-state index in [1.807, 2.05) is 24.3 Å². The van der Waals surface area contributed by atoms with E-state index in [1.54, 1.807) is 43.4 Å². The van der Waals surface area contributed by atoms with E-state index in [2.05, 4.69) is 10.0 Å². The van der Waals surface area contributed by atoms with Crippen molar-refractivity contribution in [2.75, 3.05) is 11.9 Å². The number of azide groups is 1. The summed E-state index contributed by atoms with van der Waals surface area (Å²) in [5, 5.41) is 12.4. The second-order valence-corrected chi connectivity index (χ2v) is 4.57. The van der Waals surface area contributed by atoms with Crippen LogP contribution in [-0.4, -0.2) is 13.0 Å². The zero-order chi connectivity index (χ0) is 15.9. The Morgan fingerprint density at radius 1 is 1.23 bits per heavy atom. The first-order valence-electron chi connectivity index (χ1n) is 6.54. The minimum absolute atomic E-state index is 0.339. The third-order valence-electron chi connectivity index (χ3n) is 3.23. The summed E-state index contributed by atoms with van der Waals surface area (Å²) in [5.41, 5.74) is 10.5. The van der Waals surface area contributed by atoms with E-state index in [-0.39, 0.29) is 5.91 Å². The van der Waals surface area contributed by atoms with Crippen LogP contribution >= 0.6 is 0 Å². The molecule has 0 N–H and O–H groups in total. The Morgan fingerprint density at radius 3 is 2.41 bits per heavy atom. The Kier molecular flexibility index (Phi) is 4.76. The average Bonchev–Trinajstić information content (AvgIpc) is 2.59. The minimum Gasteiger partial charge on any atom is -0.315 e. The predicted molar refractivity (Wildman–Crippen MR) is 82.9 cm³/mol. The zero-order valence-electron chi connectivity index (χ0n) is 11.9. The van der Waals surface area contributed by atoms with Crippen molar-refractivity contribution in [1.82, 2.24) is 0 Å². The molecular weight excluding hydrogens is 278 g/mol. The molecule has 108 valence electrons. The summed E-state index contributed by atoms with van der Waals surface area (Å²) in [6.07, 6.45) is 0. The molecule has 0 fully saturated rings. The number of likely N-dealkylation sites (N-methyl/N-ethyl adjacent to an activating group) is 1. The van der Waals surface area contributed by atoms with Crippen LogP contribution in [0.5, 0.6) is 0 Å². The Labute approximate surface area is 127 Å². The van der Waals surface area contributed by atoms with Gasteiger partial charge in [-0.1, -0.05) is 35.4 Å². The molecule has 0 aliphatic heterocycles. The van der Waals surface area contributed by atoms with E-state index in [4.69, 9.17) is 10.8 Å². The van der Waals surface area contributed by atoms with Crippen molar-refractivity contribution < 1.29 is 4.79 Å². The highest BCUT2D eigenvalue weighted by atomic mass is 16.2. The number of benzene rings is 2. The van der Waals surface area contributed by atoms with E-state index < -0.39 is 6.04 Å². The summed E-state index contributed by atoms with van der Waals surface area (Å²) in [6, 6.07) is 16.5. The number of rotatable bonds is 4. The molecular formula is C16H13N5O. The topological polar surface area (TPSA) is 92.9 Å². The molecule has 1 unspecified atom stereocenters. The number of hydrogen-bond acceptors (Lipinski definition) is 3. The van der Waals surface area contributed by atoms with Crippen LogP contribution in [0.3, 0.4) is 0 Å². The summed E-state index contributed by atoms with van der Waals surface area (Å²) in [6.45, 7) is 0. The average molecular weight is 291 g/mol. The fraction of sp³-hybridized carbons (Fsp3) is 0.125. The number of para-hydroxylation sites is 1. The second kappa shape index (κ2) is 6.93. The number of carbonyl (C=O) groups is 1. The van der Waals surface area contributed by atoms with Gasteiger partial charge in [0.2, 0.25) is 5.91 Å². The van der Waals surface area contributed by atoms with Crippen molar-refractivity contribution in [1.29, 1.82) is 5.26 Å². The maximum Gasteiger partial charge on any atom is 0.240 e. The minimum atomic E-state index is -0.969. The number of nitriles is 1. The zero-order valence-corrected chi connectivity index (χ0v) is 11.9. The van der Waals surface area contributed by atoms with E-state index >= 15 is 0 Å². The lowest BCUT2D eigenvalue weighted by atomic mass is 10.0. The molecule has 0 aliphatic rings. The maximum atomic E-state index is 12.6.